The maximum Gasteiger partial charge on any atom is 0.416 e. The van der Waals surface area contributed by atoms with E-state index in [4.69, 9.17) is 16.3 Å². The van der Waals surface area contributed by atoms with Crippen molar-refractivity contribution in [2.75, 3.05) is 17.7 Å². The van der Waals surface area contributed by atoms with E-state index in [1.165, 1.54) is 19.2 Å². The molecule has 0 saturated heterocycles. The minimum atomic E-state index is -4.53. The topological polar surface area (TPSA) is 67.4 Å². The lowest BCUT2D eigenvalue weighted by atomic mass is 10.2. The number of ether oxygens (including phenoxy) is 1. The van der Waals surface area contributed by atoms with Gasteiger partial charge in [0.1, 0.15) is 12.2 Å². The molecule has 0 spiro atoms. The fourth-order valence-corrected chi connectivity index (χ4v) is 2.27. The molecule has 26 heavy (non-hydrogen) atoms. The van der Waals surface area contributed by atoms with E-state index in [1.807, 2.05) is 0 Å². The molecular weight excluding hydrogens is 373 g/mol. The molecule has 9 heteroatoms. The van der Waals surface area contributed by atoms with Crippen molar-refractivity contribution in [3.8, 4) is 5.75 Å². The second kappa shape index (κ2) is 8.09. The van der Waals surface area contributed by atoms with Crippen LogP contribution < -0.4 is 15.4 Å². The molecule has 138 valence electrons. The Morgan fingerprint density at radius 3 is 2.42 bits per heavy atom. The average molecular weight is 387 g/mol. The third-order valence-electron chi connectivity index (χ3n) is 3.23. The minimum Gasteiger partial charge on any atom is -0.495 e. The summed E-state index contributed by atoms with van der Waals surface area (Å²) in [6.07, 6.45) is -5.12. The van der Waals surface area contributed by atoms with Gasteiger partial charge in [-0.1, -0.05) is 17.7 Å². The van der Waals surface area contributed by atoms with Crippen molar-refractivity contribution in [1.82, 2.24) is 0 Å². The molecule has 0 unspecified atom stereocenters. The molecule has 0 atom stereocenters. The average Bonchev–Trinajstić information content (AvgIpc) is 2.54. The molecule has 0 fully saturated rings. The number of halogens is 4. The van der Waals surface area contributed by atoms with Gasteiger partial charge in [-0.3, -0.25) is 9.59 Å². The maximum absolute atomic E-state index is 12.7. The smallest absolute Gasteiger partial charge is 0.416 e. The van der Waals surface area contributed by atoms with Crippen molar-refractivity contribution in [3.05, 3.63) is 53.1 Å². The second-order valence-corrected chi connectivity index (χ2v) is 5.63. The number of hydrogen-bond acceptors (Lipinski definition) is 3. The first-order valence-corrected chi connectivity index (χ1v) is 7.67. The highest BCUT2D eigenvalue weighted by Crippen LogP contribution is 2.31. The normalized spacial score (nSPS) is 11.0. The fourth-order valence-electron chi connectivity index (χ4n) is 2.10. The van der Waals surface area contributed by atoms with E-state index in [0.29, 0.717) is 10.8 Å². The van der Waals surface area contributed by atoms with Gasteiger partial charge in [0.2, 0.25) is 11.8 Å². The van der Waals surface area contributed by atoms with Crippen LogP contribution in [0.4, 0.5) is 24.5 Å². The highest BCUT2D eigenvalue weighted by atomic mass is 35.5. The Labute approximate surface area is 152 Å². The fraction of sp³-hybridized carbons (Fsp3) is 0.176. The van der Waals surface area contributed by atoms with Crippen molar-refractivity contribution in [3.63, 3.8) is 0 Å². The van der Waals surface area contributed by atoms with Crippen LogP contribution in [0.25, 0.3) is 0 Å². The van der Waals surface area contributed by atoms with Crippen LogP contribution in [0.5, 0.6) is 5.75 Å². The van der Waals surface area contributed by atoms with E-state index in [1.54, 1.807) is 12.1 Å². The number of carbonyl (C=O) groups is 2. The lowest BCUT2D eigenvalue weighted by Crippen LogP contribution is -2.22. The molecule has 0 radical (unpaired) electrons. The number of benzene rings is 2. The number of methoxy groups -OCH3 is 1. The molecule has 2 N–H and O–H groups in total. The van der Waals surface area contributed by atoms with E-state index in [0.717, 1.165) is 18.2 Å². The summed E-state index contributed by atoms with van der Waals surface area (Å²) in [4.78, 5) is 23.9. The second-order valence-electron chi connectivity index (χ2n) is 5.20. The van der Waals surface area contributed by atoms with Crippen molar-refractivity contribution in [2.45, 2.75) is 12.6 Å². The molecule has 0 aliphatic rings. The van der Waals surface area contributed by atoms with Crippen molar-refractivity contribution < 1.29 is 27.5 Å². The van der Waals surface area contributed by atoms with E-state index < -0.39 is 30.0 Å². The summed E-state index contributed by atoms with van der Waals surface area (Å²) in [6.45, 7) is 0. The maximum atomic E-state index is 12.7. The van der Waals surface area contributed by atoms with Gasteiger partial charge < -0.3 is 15.4 Å². The van der Waals surface area contributed by atoms with Crippen LogP contribution in [-0.2, 0) is 15.8 Å². The molecule has 2 aromatic carbocycles. The Bertz CT molecular complexity index is 825. The first kappa shape index (κ1) is 19.6. The Balaban J connectivity index is 2.00. The molecule has 2 amide bonds. The zero-order chi connectivity index (χ0) is 19.3. The molecule has 0 saturated carbocycles. The highest BCUT2D eigenvalue weighted by molar-refractivity contribution is 6.31. The predicted octanol–water partition coefficient (Wildman–Crippen LogP) is 4.33. The first-order chi connectivity index (χ1) is 12.2. The number of hydrogen-bond donors (Lipinski definition) is 2. The Morgan fingerprint density at radius 2 is 1.77 bits per heavy atom. The number of anilines is 2. The summed E-state index contributed by atoms with van der Waals surface area (Å²) in [6, 6.07) is 8.68. The van der Waals surface area contributed by atoms with Gasteiger partial charge in [-0.15, -0.1) is 0 Å². The molecule has 0 aliphatic carbocycles. The zero-order valence-electron chi connectivity index (χ0n) is 13.5. The first-order valence-electron chi connectivity index (χ1n) is 7.29. The highest BCUT2D eigenvalue weighted by Gasteiger charge is 2.30. The molecule has 0 bridgehead atoms. The summed E-state index contributed by atoms with van der Waals surface area (Å²) in [5.41, 5.74) is -0.682. The SMILES string of the molecule is COc1ccc(Cl)cc1NC(=O)CC(=O)Nc1cccc(C(F)(F)F)c1. The van der Waals surface area contributed by atoms with Gasteiger partial charge in [-0.2, -0.15) is 13.2 Å². The Morgan fingerprint density at radius 1 is 1.08 bits per heavy atom. The minimum absolute atomic E-state index is 0.0574. The van der Waals surface area contributed by atoms with Crippen LogP contribution in [-0.4, -0.2) is 18.9 Å². The van der Waals surface area contributed by atoms with E-state index in [9.17, 15) is 22.8 Å². The van der Waals surface area contributed by atoms with Crippen molar-refractivity contribution in [1.29, 1.82) is 0 Å². The summed E-state index contributed by atoms with van der Waals surface area (Å²) in [5.74, 6) is -1.08. The van der Waals surface area contributed by atoms with Gasteiger partial charge in [0, 0.05) is 10.7 Å². The van der Waals surface area contributed by atoms with Gasteiger partial charge >= 0.3 is 6.18 Å². The quantitative estimate of drug-likeness (QED) is 0.751. The molecule has 0 aliphatic heterocycles. The third-order valence-corrected chi connectivity index (χ3v) is 3.47. The van der Waals surface area contributed by atoms with Crippen LogP contribution in [0, 0.1) is 0 Å². The van der Waals surface area contributed by atoms with E-state index >= 15 is 0 Å². The summed E-state index contributed by atoms with van der Waals surface area (Å²) in [5, 5.41) is 5.08. The molecule has 0 heterocycles. The van der Waals surface area contributed by atoms with Gasteiger partial charge in [-0.25, -0.2) is 0 Å². The monoisotopic (exact) mass is 386 g/mol. The van der Waals surface area contributed by atoms with Gasteiger partial charge in [0.25, 0.3) is 0 Å². The lowest BCUT2D eigenvalue weighted by Gasteiger charge is -2.11. The molecule has 2 aromatic rings. The standard InChI is InChI=1S/C17H14ClF3N2O3/c1-26-14-6-5-11(18)8-13(14)23-16(25)9-15(24)22-12-4-2-3-10(7-12)17(19,20)21/h2-8H,9H2,1H3,(H,22,24)(H,23,25). The summed E-state index contributed by atoms with van der Waals surface area (Å²) < 4.78 is 43.1. The molecule has 2 rings (SSSR count). The van der Waals surface area contributed by atoms with E-state index in [2.05, 4.69) is 10.6 Å². The third kappa shape index (κ3) is 5.38. The molecular formula is C17H14ClF3N2O3. The number of nitrogens with one attached hydrogen (secondary N) is 2. The van der Waals surface area contributed by atoms with Crippen molar-refractivity contribution >= 4 is 34.8 Å². The molecule has 5 nitrogen and oxygen atoms in total. The molecule has 0 aromatic heterocycles. The van der Waals surface area contributed by atoms with Crippen LogP contribution in [0.3, 0.4) is 0 Å². The lowest BCUT2D eigenvalue weighted by molar-refractivity contribution is -0.137. The predicted molar refractivity (Wildman–Crippen MR) is 91.3 cm³/mol. The van der Waals surface area contributed by atoms with E-state index in [-0.39, 0.29) is 11.4 Å². The zero-order valence-corrected chi connectivity index (χ0v) is 14.2. The largest absolute Gasteiger partial charge is 0.495 e. The number of amides is 2. The summed E-state index contributed by atoms with van der Waals surface area (Å²) in [7, 11) is 1.40. The summed E-state index contributed by atoms with van der Waals surface area (Å²) >= 11 is 5.84. The van der Waals surface area contributed by atoms with Crippen molar-refractivity contribution in [2.24, 2.45) is 0 Å². The van der Waals surface area contributed by atoms with Gasteiger partial charge in [-0.05, 0) is 36.4 Å². The van der Waals surface area contributed by atoms with Crippen LogP contribution in [0.2, 0.25) is 5.02 Å². The Hall–Kier alpha value is -2.74. The Kier molecular flexibility index (Phi) is 6.10. The number of alkyl halides is 3. The number of carbonyl (C=O) groups excluding carboxylic acids is 2. The number of rotatable bonds is 5. The van der Waals surface area contributed by atoms with Crippen LogP contribution in [0.15, 0.2) is 42.5 Å². The van der Waals surface area contributed by atoms with Crippen LogP contribution in [0.1, 0.15) is 12.0 Å². The van der Waals surface area contributed by atoms with Gasteiger partial charge in [0.15, 0.2) is 0 Å². The van der Waals surface area contributed by atoms with Crippen LogP contribution >= 0.6 is 11.6 Å². The van der Waals surface area contributed by atoms with Gasteiger partial charge in [0.05, 0.1) is 18.4 Å².